The first-order chi connectivity index (χ1) is 10.2. The van der Waals surface area contributed by atoms with Crippen molar-refractivity contribution in [1.82, 2.24) is 10.6 Å². The van der Waals surface area contributed by atoms with Gasteiger partial charge < -0.3 is 20.4 Å². The summed E-state index contributed by atoms with van der Waals surface area (Å²) in [6.07, 6.45) is 0. The Morgan fingerprint density at radius 3 is 1.27 bits per heavy atom. The molecule has 0 fully saturated rings. The summed E-state index contributed by atoms with van der Waals surface area (Å²) in [5.41, 5.74) is 0. The van der Waals surface area contributed by atoms with Gasteiger partial charge in [-0.05, 0) is 0 Å². The molecule has 0 unspecified atom stereocenters. The zero-order valence-electron chi connectivity index (χ0n) is 11.2. The minimum atomic E-state index is -1.21. The molecular formula is C10H16N2O8S2. The third kappa shape index (κ3) is 10.3. The smallest absolute Gasteiger partial charge is 0.321 e. The number of rotatable bonds is 13. The van der Waals surface area contributed by atoms with Gasteiger partial charge in [0.2, 0.25) is 0 Å². The minimum absolute atomic E-state index is 0.0263. The second kappa shape index (κ2) is 11.1. The van der Waals surface area contributed by atoms with Crippen molar-refractivity contribution in [2.75, 3.05) is 24.6 Å². The van der Waals surface area contributed by atoms with Gasteiger partial charge in [0.15, 0.2) is 0 Å². The van der Waals surface area contributed by atoms with Crippen molar-refractivity contribution in [1.29, 1.82) is 0 Å². The highest BCUT2D eigenvalue weighted by Gasteiger charge is 2.20. The second-order valence-corrected chi connectivity index (χ2v) is 6.45. The predicted octanol–water partition coefficient (Wildman–Crippen LogP) is -1.38. The van der Waals surface area contributed by atoms with Crippen LogP contribution in [0, 0.1) is 0 Å². The van der Waals surface area contributed by atoms with Gasteiger partial charge in [-0.1, -0.05) is 21.6 Å². The van der Waals surface area contributed by atoms with Crippen LogP contribution in [0.5, 0.6) is 0 Å². The molecule has 0 saturated heterocycles. The molecule has 0 aliphatic rings. The summed E-state index contributed by atoms with van der Waals surface area (Å²) >= 11 is 0. The van der Waals surface area contributed by atoms with E-state index in [1.165, 1.54) is 0 Å². The Kier molecular flexibility index (Phi) is 10.4. The maximum Gasteiger partial charge on any atom is 0.321 e. The van der Waals surface area contributed by atoms with Gasteiger partial charge in [-0.15, -0.1) is 0 Å². The highest BCUT2D eigenvalue weighted by molar-refractivity contribution is 8.76. The van der Waals surface area contributed by atoms with Crippen molar-refractivity contribution >= 4 is 45.5 Å². The Morgan fingerprint density at radius 2 is 1.05 bits per heavy atom. The van der Waals surface area contributed by atoms with Crippen LogP contribution in [0.3, 0.4) is 0 Å². The lowest BCUT2D eigenvalue weighted by atomic mass is 10.3. The van der Waals surface area contributed by atoms with Crippen molar-refractivity contribution in [2.45, 2.75) is 12.1 Å². The quantitative estimate of drug-likeness (QED) is 0.169. The predicted molar refractivity (Wildman–Crippen MR) is 79.0 cm³/mol. The lowest BCUT2D eigenvalue weighted by Gasteiger charge is -2.14. The Morgan fingerprint density at radius 1 is 0.727 bits per heavy atom. The molecule has 0 radical (unpaired) electrons. The summed E-state index contributed by atoms with van der Waals surface area (Å²) in [4.78, 5) is 42.5. The number of carbonyl (C=O) groups is 4. The molecule has 126 valence electrons. The van der Waals surface area contributed by atoms with Gasteiger partial charge in [0.25, 0.3) is 0 Å². The van der Waals surface area contributed by atoms with E-state index in [0.717, 1.165) is 21.6 Å². The summed E-state index contributed by atoms with van der Waals surface area (Å²) in [7, 11) is 2.10. The Balaban J connectivity index is 4.12. The maximum atomic E-state index is 10.9. The third-order valence-electron chi connectivity index (χ3n) is 2.15. The average molecular weight is 356 g/mol. The molecule has 0 spiro atoms. The molecule has 0 aromatic heterocycles. The number of nitrogens with one attached hydrogen (secondary N) is 2. The standard InChI is InChI=1S/C10H16N2O8S2/c13-7(14)1-11-5(9(17)18)3-21-22-4-6(10(19)20)12-2-8(15)16/h5-6,11-12H,1-4H2,(H,13,14)(H,15,16)(H,17,18)(H,19,20)/t5-,6+. The molecule has 0 aliphatic heterocycles. The summed E-state index contributed by atoms with van der Waals surface area (Å²) in [6, 6.07) is -2.16. The molecule has 22 heavy (non-hydrogen) atoms. The number of aliphatic carboxylic acids is 4. The number of hydrogen-bond donors (Lipinski definition) is 6. The first kappa shape index (κ1) is 20.5. The van der Waals surface area contributed by atoms with E-state index >= 15 is 0 Å². The molecule has 0 saturated carbocycles. The van der Waals surface area contributed by atoms with Crippen LogP contribution in [0.4, 0.5) is 0 Å². The number of hydrogen-bond acceptors (Lipinski definition) is 8. The fourth-order valence-corrected chi connectivity index (χ4v) is 3.47. The molecule has 0 aromatic carbocycles. The van der Waals surface area contributed by atoms with Crippen molar-refractivity contribution in [3.63, 3.8) is 0 Å². The summed E-state index contributed by atoms with van der Waals surface area (Å²) in [5, 5.41) is 39.3. The first-order valence-corrected chi connectivity index (χ1v) is 8.33. The van der Waals surface area contributed by atoms with Crippen LogP contribution in [-0.2, 0) is 19.2 Å². The molecule has 0 aromatic rings. The molecule has 12 heteroatoms. The third-order valence-corrected chi connectivity index (χ3v) is 4.57. The average Bonchev–Trinajstić information content (AvgIpc) is 2.39. The Hall–Kier alpha value is -1.50. The van der Waals surface area contributed by atoms with Gasteiger partial charge in [-0.25, -0.2) is 0 Å². The zero-order valence-corrected chi connectivity index (χ0v) is 12.9. The maximum absolute atomic E-state index is 10.9. The van der Waals surface area contributed by atoms with Gasteiger partial charge in [-0.2, -0.15) is 0 Å². The topological polar surface area (TPSA) is 173 Å². The largest absolute Gasteiger partial charge is 0.480 e. The monoisotopic (exact) mass is 356 g/mol. The SMILES string of the molecule is O=C(O)CN[C@@H](CSSC[C@@H](NCC(=O)O)C(=O)O)C(=O)O. The van der Waals surface area contributed by atoms with Crippen LogP contribution in [0.15, 0.2) is 0 Å². The Bertz CT molecular complexity index is 382. The molecule has 2 atom stereocenters. The van der Waals surface area contributed by atoms with E-state index in [1.807, 2.05) is 0 Å². The van der Waals surface area contributed by atoms with Crippen molar-refractivity contribution in [3.05, 3.63) is 0 Å². The van der Waals surface area contributed by atoms with Gasteiger partial charge >= 0.3 is 23.9 Å². The lowest BCUT2D eigenvalue weighted by Crippen LogP contribution is -2.42. The molecule has 6 N–H and O–H groups in total. The lowest BCUT2D eigenvalue weighted by molar-refractivity contribution is -0.141. The van der Waals surface area contributed by atoms with Crippen molar-refractivity contribution in [2.24, 2.45) is 0 Å². The molecule has 0 heterocycles. The van der Waals surface area contributed by atoms with Gasteiger partial charge in [-0.3, -0.25) is 29.8 Å². The summed E-state index contributed by atoms with van der Waals surface area (Å²) in [6.45, 7) is -1.000. The summed E-state index contributed by atoms with van der Waals surface area (Å²) in [5.74, 6) is -4.75. The molecule has 0 bridgehead atoms. The van der Waals surface area contributed by atoms with Gasteiger partial charge in [0, 0.05) is 11.5 Å². The highest BCUT2D eigenvalue weighted by Crippen LogP contribution is 2.23. The van der Waals surface area contributed by atoms with E-state index in [-0.39, 0.29) is 11.5 Å². The summed E-state index contributed by atoms with van der Waals surface area (Å²) < 4.78 is 0. The fraction of sp³-hybridized carbons (Fsp3) is 0.600. The first-order valence-electron chi connectivity index (χ1n) is 5.84. The molecular weight excluding hydrogens is 340 g/mol. The van der Waals surface area contributed by atoms with E-state index in [1.54, 1.807) is 0 Å². The second-order valence-electron chi connectivity index (χ2n) is 3.90. The normalized spacial score (nSPS) is 13.3. The molecule has 0 aliphatic carbocycles. The van der Waals surface area contributed by atoms with Crippen LogP contribution in [0.2, 0.25) is 0 Å². The van der Waals surface area contributed by atoms with Crippen LogP contribution in [0.1, 0.15) is 0 Å². The van der Waals surface area contributed by atoms with E-state index in [9.17, 15) is 19.2 Å². The number of carboxylic acids is 4. The van der Waals surface area contributed by atoms with E-state index in [4.69, 9.17) is 20.4 Å². The Labute approximate surface area is 133 Å². The minimum Gasteiger partial charge on any atom is -0.480 e. The number of carboxylic acid groups (broad SMARTS) is 4. The molecule has 0 rings (SSSR count). The molecule has 0 amide bonds. The van der Waals surface area contributed by atoms with Crippen molar-refractivity contribution < 1.29 is 39.6 Å². The molecule has 10 nitrogen and oxygen atoms in total. The van der Waals surface area contributed by atoms with Crippen LogP contribution >= 0.6 is 21.6 Å². The van der Waals surface area contributed by atoms with E-state index in [0.29, 0.717) is 0 Å². The zero-order chi connectivity index (χ0) is 17.1. The van der Waals surface area contributed by atoms with E-state index < -0.39 is 49.1 Å². The van der Waals surface area contributed by atoms with Crippen LogP contribution in [-0.4, -0.2) is 81.0 Å². The van der Waals surface area contributed by atoms with Gasteiger partial charge in [0.05, 0.1) is 13.1 Å². The van der Waals surface area contributed by atoms with Crippen LogP contribution in [0.25, 0.3) is 0 Å². The van der Waals surface area contributed by atoms with Crippen molar-refractivity contribution in [3.8, 4) is 0 Å². The van der Waals surface area contributed by atoms with Gasteiger partial charge in [0.1, 0.15) is 12.1 Å². The van der Waals surface area contributed by atoms with Crippen LogP contribution < -0.4 is 10.6 Å². The van der Waals surface area contributed by atoms with E-state index in [2.05, 4.69) is 10.6 Å². The fourth-order valence-electron chi connectivity index (χ4n) is 1.09. The highest BCUT2D eigenvalue weighted by atomic mass is 33.1.